The second-order valence-electron chi connectivity index (χ2n) is 4.09. The van der Waals surface area contributed by atoms with Crippen molar-refractivity contribution in [3.8, 4) is 0 Å². The maximum absolute atomic E-state index is 6.01. The van der Waals surface area contributed by atoms with Gasteiger partial charge < -0.3 is 11.1 Å². The molecule has 2 aromatic heterocycles. The molecule has 2 heterocycles. The minimum absolute atomic E-state index is 0.694. The quantitative estimate of drug-likeness (QED) is 0.871. The zero-order valence-electron chi connectivity index (χ0n) is 11.0. The minimum Gasteiger partial charge on any atom is -0.394 e. The number of hydrogen-bond donors (Lipinski definition) is 2. The average molecular weight is 265 g/mol. The number of nitrogen functional groups attached to an aromatic ring is 1. The van der Waals surface area contributed by atoms with E-state index >= 15 is 0 Å². The van der Waals surface area contributed by atoms with Crippen molar-refractivity contribution < 1.29 is 0 Å². The van der Waals surface area contributed by atoms with Crippen molar-refractivity contribution in [3.63, 3.8) is 0 Å². The van der Waals surface area contributed by atoms with Crippen LogP contribution in [0.4, 0.5) is 11.5 Å². The fraction of sp³-hybridized carbons (Fsp3) is 0.500. The van der Waals surface area contributed by atoms with Crippen molar-refractivity contribution in [3.05, 3.63) is 21.8 Å². The summed E-state index contributed by atoms with van der Waals surface area (Å²) in [5.41, 5.74) is 7.61. The van der Waals surface area contributed by atoms with Crippen molar-refractivity contribution in [2.45, 2.75) is 40.3 Å². The number of anilines is 2. The van der Waals surface area contributed by atoms with Gasteiger partial charge in [-0.05, 0) is 20.3 Å². The molecule has 0 amide bonds. The molecule has 0 aromatic carbocycles. The summed E-state index contributed by atoms with van der Waals surface area (Å²) in [6.45, 7) is 7.61. The zero-order chi connectivity index (χ0) is 13.1. The Balaban J connectivity index is 2.10. The highest BCUT2D eigenvalue weighted by Crippen LogP contribution is 2.23. The van der Waals surface area contributed by atoms with E-state index in [1.54, 1.807) is 11.3 Å². The van der Waals surface area contributed by atoms with Crippen LogP contribution in [0, 0.1) is 6.92 Å². The van der Waals surface area contributed by atoms with Crippen LogP contribution >= 0.6 is 11.3 Å². The van der Waals surface area contributed by atoms with Crippen LogP contribution in [0.1, 0.15) is 29.4 Å². The van der Waals surface area contributed by atoms with Gasteiger partial charge in [0.25, 0.3) is 0 Å². The molecule has 3 N–H and O–H groups in total. The van der Waals surface area contributed by atoms with E-state index in [9.17, 15) is 0 Å². The van der Waals surface area contributed by atoms with Gasteiger partial charge in [0.2, 0.25) is 0 Å². The average Bonchev–Trinajstić information content (AvgIpc) is 2.94. The third-order valence-corrected chi connectivity index (χ3v) is 3.97. The van der Waals surface area contributed by atoms with E-state index in [4.69, 9.17) is 5.73 Å². The van der Waals surface area contributed by atoms with Crippen molar-refractivity contribution in [2.75, 3.05) is 11.1 Å². The molecule has 98 valence electrons. The summed E-state index contributed by atoms with van der Waals surface area (Å²) >= 11 is 1.73. The number of hydrogen-bond acceptors (Lipinski definition) is 5. The maximum atomic E-state index is 6.01. The fourth-order valence-electron chi connectivity index (χ4n) is 1.76. The number of aromatic nitrogens is 3. The van der Waals surface area contributed by atoms with E-state index in [-0.39, 0.29) is 0 Å². The number of aryl methyl sites for hydroxylation is 3. The summed E-state index contributed by atoms with van der Waals surface area (Å²) < 4.78 is 1.89. The molecule has 0 aliphatic carbocycles. The monoisotopic (exact) mass is 265 g/mol. The van der Waals surface area contributed by atoms with Crippen molar-refractivity contribution >= 4 is 22.8 Å². The second kappa shape index (κ2) is 5.39. The molecular formula is C12H19N5S. The highest BCUT2D eigenvalue weighted by atomic mass is 32.1. The van der Waals surface area contributed by atoms with E-state index in [0.29, 0.717) is 6.54 Å². The molecule has 0 bridgehead atoms. The Morgan fingerprint density at radius 3 is 2.83 bits per heavy atom. The molecule has 18 heavy (non-hydrogen) atoms. The van der Waals surface area contributed by atoms with Crippen LogP contribution in [0.15, 0.2) is 6.20 Å². The minimum atomic E-state index is 0.694. The number of rotatable bonds is 5. The Labute approximate surface area is 111 Å². The lowest BCUT2D eigenvalue weighted by molar-refractivity contribution is 0.657. The first kappa shape index (κ1) is 12.9. The third-order valence-electron chi connectivity index (χ3n) is 2.83. The summed E-state index contributed by atoms with van der Waals surface area (Å²) in [5, 5.41) is 8.78. The number of nitrogens with zero attached hydrogens (tertiary/aromatic N) is 3. The Morgan fingerprint density at radius 1 is 1.44 bits per heavy atom. The van der Waals surface area contributed by atoms with Crippen LogP contribution in [0.25, 0.3) is 0 Å². The van der Waals surface area contributed by atoms with Gasteiger partial charge in [-0.3, -0.25) is 0 Å². The fourth-order valence-corrected chi connectivity index (χ4v) is 2.57. The zero-order valence-corrected chi connectivity index (χ0v) is 11.8. The van der Waals surface area contributed by atoms with E-state index in [2.05, 4.69) is 29.2 Å². The van der Waals surface area contributed by atoms with E-state index in [1.807, 2.05) is 17.8 Å². The molecule has 0 fully saturated rings. The first-order valence-electron chi connectivity index (χ1n) is 6.16. The summed E-state index contributed by atoms with van der Waals surface area (Å²) in [6.07, 6.45) is 2.97. The van der Waals surface area contributed by atoms with Crippen LogP contribution in [0.5, 0.6) is 0 Å². The van der Waals surface area contributed by atoms with Gasteiger partial charge in [0, 0.05) is 17.6 Å². The highest BCUT2D eigenvalue weighted by molar-refractivity contribution is 7.11. The van der Waals surface area contributed by atoms with E-state index in [1.165, 1.54) is 4.88 Å². The summed E-state index contributed by atoms with van der Waals surface area (Å²) in [7, 11) is 0. The normalized spacial score (nSPS) is 10.8. The van der Waals surface area contributed by atoms with Crippen molar-refractivity contribution in [1.29, 1.82) is 0 Å². The third kappa shape index (κ3) is 2.48. The van der Waals surface area contributed by atoms with E-state index in [0.717, 1.165) is 35.2 Å². The van der Waals surface area contributed by atoms with Crippen LogP contribution in [0.3, 0.4) is 0 Å². The van der Waals surface area contributed by atoms with Gasteiger partial charge in [0.1, 0.15) is 10.8 Å². The van der Waals surface area contributed by atoms with Crippen LogP contribution < -0.4 is 11.1 Å². The first-order valence-corrected chi connectivity index (χ1v) is 6.97. The number of nitrogens with two attached hydrogens (primary N) is 1. The van der Waals surface area contributed by atoms with Crippen LogP contribution in [-0.2, 0) is 19.5 Å². The Kier molecular flexibility index (Phi) is 3.86. The van der Waals surface area contributed by atoms with Gasteiger partial charge in [-0.2, -0.15) is 5.10 Å². The predicted molar refractivity (Wildman–Crippen MR) is 75.9 cm³/mol. The topological polar surface area (TPSA) is 68.8 Å². The SMILES string of the molecule is CCc1cnc(CNc2c(N)c(C)nn2CC)s1. The highest BCUT2D eigenvalue weighted by Gasteiger charge is 2.11. The van der Waals surface area contributed by atoms with Gasteiger partial charge in [-0.15, -0.1) is 11.3 Å². The van der Waals surface area contributed by atoms with E-state index < -0.39 is 0 Å². The number of thiazole rings is 1. The maximum Gasteiger partial charge on any atom is 0.148 e. The molecule has 0 unspecified atom stereocenters. The van der Waals surface area contributed by atoms with Gasteiger partial charge >= 0.3 is 0 Å². The molecule has 2 aromatic rings. The van der Waals surface area contributed by atoms with Crippen LogP contribution in [-0.4, -0.2) is 14.8 Å². The molecule has 2 rings (SSSR count). The molecule has 0 spiro atoms. The molecule has 0 atom stereocenters. The molecule has 5 nitrogen and oxygen atoms in total. The predicted octanol–water partition coefficient (Wildman–Crippen LogP) is 2.42. The molecule has 6 heteroatoms. The Bertz CT molecular complexity index is 529. The lowest BCUT2D eigenvalue weighted by atomic mass is 10.4. The van der Waals surface area contributed by atoms with Crippen molar-refractivity contribution in [2.24, 2.45) is 0 Å². The van der Waals surface area contributed by atoms with Crippen molar-refractivity contribution in [1.82, 2.24) is 14.8 Å². The van der Waals surface area contributed by atoms with Gasteiger partial charge in [0.15, 0.2) is 0 Å². The smallest absolute Gasteiger partial charge is 0.148 e. The molecule has 0 aliphatic rings. The first-order chi connectivity index (χ1) is 8.65. The summed E-state index contributed by atoms with van der Waals surface area (Å²) in [4.78, 5) is 5.69. The molecular weight excluding hydrogens is 246 g/mol. The Hall–Kier alpha value is -1.56. The lowest BCUT2D eigenvalue weighted by Crippen LogP contribution is -2.08. The van der Waals surface area contributed by atoms with Crippen LogP contribution in [0.2, 0.25) is 0 Å². The molecule has 0 saturated heterocycles. The summed E-state index contributed by atoms with van der Waals surface area (Å²) in [6, 6.07) is 0. The lowest BCUT2D eigenvalue weighted by Gasteiger charge is -2.07. The summed E-state index contributed by atoms with van der Waals surface area (Å²) in [5.74, 6) is 0.892. The van der Waals surface area contributed by atoms with Gasteiger partial charge in [0.05, 0.1) is 17.9 Å². The molecule has 0 saturated carbocycles. The largest absolute Gasteiger partial charge is 0.394 e. The van der Waals surface area contributed by atoms with Gasteiger partial charge in [-0.25, -0.2) is 9.67 Å². The molecule has 0 radical (unpaired) electrons. The van der Waals surface area contributed by atoms with Gasteiger partial charge in [-0.1, -0.05) is 6.92 Å². The second-order valence-corrected chi connectivity index (χ2v) is 5.29. The standard InChI is InChI=1S/C12H19N5S/c1-4-9-6-14-10(18-9)7-15-12-11(13)8(3)16-17(12)5-2/h6,15H,4-5,7,13H2,1-3H3. The number of nitrogens with one attached hydrogen (secondary N) is 1. The Morgan fingerprint density at radius 2 is 2.22 bits per heavy atom. The molecule has 0 aliphatic heterocycles.